The van der Waals surface area contributed by atoms with Gasteiger partial charge in [0.25, 0.3) is 0 Å². The predicted octanol–water partition coefficient (Wildman–Crippen LogP) is 3.46. The van der Waals surface area contributed by atoms with Crippen LogP contribution in [-0.2, 0) is 10.3 Å². The van der Waals surface area contributed by atoms with Crippen molar-refractivity contribution in [2.75, 3.05) is 0 Å². The van der Waals surface area contributed by atoms with Crippen molar-refractivity contribution in [3.8, 4) is 0 Å². The molecule has 1 atom stereocenters. The van der Waals surface area contributed by atoms with Gasteiger partial charge in [-0.05, 0) is 18.1 Å². The highest BCUT2D eigenvalue weighted by atomic mass is 32.1. The van der Waals surface area contributed by atoms with Crippen LogP contribution >= 0.6 is 12.2 Å². The summed E-state index contributed by atoms with van der Waals surface area (Å²) < 4.78 is 0. The molecule has 0 fully saturated rings. The fourth-order valence-corrected chi connectivity index (χ4v) is 2.57. The van der Waals surface area contributed by atoms with Gasteiger partial charge in [-0.2, -0.15) is 0 Å². The van der Waals surface area contributed by atoms with E-state index in [-0.39, 0.29) is 5.91 Å². The monoisotopic (exact) mass is 283 g/mol. The molecule has 0 saturated carbocycles. The molecule has 1 amide bonds. The number of nitrogens with one attached hydrogen (secondary N) is 1. The van der Waals surface area contributed by atoms with Crippen molar-refractivity contribution in [1.82, 2.24) is 5.32 Å². The first kappa shape index (κ1) is 14.4. The minimum Gasteiger partial charge on any atom is -0.342 e. The van der Waals surface area contributed by atoms with Gasteiger partial charge in [0.2, 0.25) is 5.91 Å². The zero-order valence-electron chi connectivity index (χ0n) is 11.6. The molecule has 0 aromatic heterocycles. The van der Waals surface area contributed by atoms with Crippen molar-refractivity contribution < 1.29 is 4.79 Å². The van der Waals surface area contributed by atoms with Crippen LogP contribution in [0.25, 0.3) is 0 Å². The molecule has 0 radical (unpaired) electrons. The fourth-order valence-electron chi connectivity index (χ4n) is 2.26. The number of carbonyl (C=O) groups excluding carboxylic acids is 1. The number of hydrogen-bond acceptors (Lipinski definition) is 2. The molecule has 1 N–H and O–H groups in total. The first-order valence-electron chi connectivity index (χ1n) is 6.48. The van der Waals surface area contributed by atoms with Crippen molar-refractivity contribution >= 4 is 23.0 Å². The normalized spacial score (nSPS) is 13.3. The lowest BCUT2D eigenvalue weighted by Crippen LogP contribution is -2.48. The standard InChI is InChI=1S/C17H17NOS/c1-13(19)18-17(2,15-11-7-4-8-12-15)16(20)14-9-5-3-6-10-14/h3-12H,1-2H3,(H,18,19). The number of rotatable bonds is 4. The molecule has 0 aliphatic heterocycles. The number of thiocarbonyl (C=S) groups is 1. The van der Waals surface area contributed by atoms with Crippen molar-refractivity contribution in [3.63, 3.8) is 0 Å². The second kappa shape index (κ2) is 5.97. The quantitative estimate of drug-likeness (QED) is 0.688. The van der Waals surface area contributed by atoms with Crippen LogP contribution in [0.2, 0.25) is 0 Å². The third kappa shape index (κ3) is 2.94. The van der Waals surface area contributed by atoms with Crippen LogP contribution in [0.1, 0.15) is 25.0 Å². The average molecular weight is 283 g/mol. The Morgan fingerprint density at radius 2 is 1.50 bits per heavy atom. The van der Waals surface area contributed by atoms with Crippen LogP contribution in [0.4, 0.5) is 0 Å². The van der Waals surface area contributed by atoms with Gasteiger partial charge in [-0.25, -0.2) is 0 Å². The molecular formula is C17H17NOS. The molecule has 0 heterocycles. The van der Waals surface area contributed by atoms with E-state index >= 15 is 0 Å². The molecule has 0 saturated heterocycles. The number of benzene rings is 2. The molecule has 3 heteroatoms. The van der Waals surface area contributed by atoms with Crippen LogP contribution in [0, 0.1) is 0 Å². The lowest BCUT2D eigenvalue weighted by atomic mass is 9.85. The van der Waals surface area contributed by atoms with E-state index in [1.165, 1.54) is 6.92 Å². The van der Waals surface area contributed by atoms with E-state index in [9.17, 15) is 4.79 Å². The highest BCUT2D eigenvalue weighted by Crippen LogP contribution is 2.26. The maximum atomic E-state index is 11.6. The second-order valence-corrected chi connectivity index (χ2v) is 5.28. The topological polar surface area (TPSA) is 29.1 Å². The molecule has 2 nitrogen and oxygen atoms in total. The van der Waals surface area contributed by atoms with E-state index in [0.717, 1.165) is 11.1 Å². The minimum absolute atomic E-state index is 0.102. The highest BCUT2D eigenvalue weighted by Gasteiger charge is 2.32. The van der Waals surface area contributed by atoms with Gasteiger partial charge >= 0.3 is 0 Å². The first-order chi connectivity index (χ1) is 9.54. The van der Waals surface area contributed by atoms with Crippen molar-refractivity contribution in [1.29, 1.82) is 0 Å². The summed E-state index contributed by atoms with van der Waals surface area (Å²) in [5.41, 5.74) is 1.23. The Morgan fingerprint density at radius 1 is 1.00 bits per heavy atom. The molecule has 2 aromatic rings. The second-order valence-electron chi connectivity index (χ2n) is 4.87. The SMILES string of the molecule is CC(=O)NC(C)(C(=S)c1ccccc1)c1ccccc1. The van der Waals surface area contributed by atoms with Gasteiger partial charge in [-0.3, -0.25) is 4.79 Å². The van der Waals surface area contributed by atoms with Gasteiger partial charge in [-0.15, -0.1) is 0 Å². The Labute approximate surface area is 124 Å². The molecule has 102 valence electrons. The van der Waals surface area contributed by atoms with E-state index in [0.29, 0.717) is 4.86 Å². The summed E-state index contributed by atoms with van der Waals surface area (Å²) >= 11 is 5.64. The summed E-state index contributed by atoms with van der Waals surface area (Å²) in [7, 11) is 0. The lowest BCUT2D eigenvalue weighted by Gasteiger charge is -2.32. The van der Waals surface area contributed by atoms with E-state index in [2.05, 4.69) is 5.32 Å². The van der Waals surface area contributed by atoms with Crippen molar-refractivity contribution in [2.24, 2.45) is 0 Å². The summed E-state index contributed by atoms with van der Waals surface area (Å²) in [6.45, 7) is 3.45. The third-order valence-corrected chi connectivity index (χ3v) is 3.91. The van der Waals surface area contributed by atoms with Gasteiger partial charge in [0.05, 0.1) is 10.4 Å². The largest absolute Gasteiger partial charge is 0.342 e. The number of hydrogen-bond donors (Lipinski definition) is 1. The van der Waals surface area contributed by atoms with E-state index in [4.69, 9.17) is 12.2 Å². The summed E-state index contributed by atoms with van der Waals surface area (Å²) in [4.78, 5) is 12.3. The Bertz CT molecular complexity index is 609. The molecule has 2 rings (SSSR count). The molecule has 0 bridgehead atoms. The lowest BCUT2D eigenvalue weighted by molar-refractivity contribution is -0.120. The van der Waals surface area contributed by atoms with E-state index in [1.807, 2.05) is 67.6 Å². The molecule has 2 aromatic carbocycles. The zero-order chi connectivity index (χ0) is 14.6. The van der Waals surface area contributed by atoms with Gasteiger partial charge in [0.1, 0.15) is 0 Å². The summed E-state index contributed by atoms with van der Waals surface area (Å²) in [6, 6.07) is 19.6. The molecular weight excluding hydrogens is 266 g/mol. The Kier molecular flexibility index (Phi) is 4.30. The Balaban J connectivity index is 2.48. The third-order valence-electron chi connectivity index (χ3n) is 3.27. The minimum atomic E-state index is -0.691. The summed E-state index contributed by atoms with van der Waals surface area (Å²) in [6.07, 6.45) is 0. The fraction of sp³-hybridized carbons (Fsp3) is 0.176. The van der Waals surface area contributed by atoms with Crippen LogP contribution in [-0.4, -0.2) is 10.8 Å². The van der Waals surface area contributed by atoms with Crippen molar-refractivity contribution in [3.05, 3.63) is 71.8 Å². The zero-order valence-corrected chi connectivity index (χ0v) is 12.4. The average Bonchev–Trinajstić information content (AvgIpc) is 2.47. The van der Waals surface area contributed by atoms with Crippen LogP contribution < -0.4 is 5.32 Å². The maximum absolute atomic E-state index is 11.6. The first-order valence-corrected chi connectivity index (χ1v) is 6.89. The van der Waals surface area contributed by atoms with Gasteiger partial charge in [0.15, 0.2) is 0 Å². The van der Waals surface area contributed by atoms with E-state index in [1.54, 1.807) is 0 Å². The Morgan fingerprint density at radius 3 is 2.00 bits per heavy atom. The van der Waals surface area contributed by atoms with Gasteiger partial charge in [0, 0.05) is 6.92 Å². The molecule has 0 aliphatic rings. The highest BCUT2D eigenvalue weighted by molar-refractivity contribution is 7.81. The number of amides is 1. The maximum Gasteiger partial charge on any atom is 0.217 e. The summed E-state index contributed by atoms with van der Waals surface area (Å²) in [5, 5.41) is 2.99. The molecule has 0 aliphatic carbocycles. The number of carbonyl (C=O) groups is 1. The van der Waals surface area contributed by atoms with Crippen LogP contribution in [0.3, 0.4) is 0 Å². The van der Waals surface area contributed by atoms with Crippen LogP contribution in [0.5, 0.6) is 0 Å². The van der Waals surface area contributed by atoms with Gasteiger partial charge in [-0.1, -0.05) is 72.9 Å². The van der Waals surface area contributed by atoms with E-state index < -0.39 is 5.54 Å². The molecule has 20 heavy (non-hydrogen) atoms. The predicted molar refractivity (Wildman–Crippen MR) is 85.8 cm³/mol. The van der Waals surface area contributed by atoms with Gasteiger partial charge < -0.3 is 5.32 Å². The Hall–Kier alpha value is -2.00. The molecule has 0 spiro atoms. The van der Waals surface area contributed by atoms with Crippen LogP contribution in [0.15, 0.2) is 60.7 Å². The molecule has 1 unspecified atom stereocenters. The van der Waals surface area contributed by atoms with Crippen molar-refractivity contribution in [2.45, 2.75) is 19.4 Å². The summed E-state index contributed by atoms with van der Waals surface area (Å²) in [5.74, 6) is -0.102. The smallest absolute Gasteiger partial charge is 0.217 e.